The van der Waals surface area contributed by atoms with Crippen molar-refractivity contribution in [3.63, 3.8) is 0 Å². The zero-order valence-corrected chi connectivity index (χ0v) is 11.6. The Kier molecular flexibility index (Phi) is 8.81. The van der Waals surface area contributed by atoms with Crippen LogP contribution in [0.1, 0.15) is 33.1 Å². The second-order valence-electron chi connectivity index (χ2n) is 4.42. The highest BCUT2D eigenvalue weighted by Crippen LogP contribution is 2.20. The van der Waals surface area contributed by atoms with Crippen molar-refractivity contribution in [1.29, 1.82) is 0 Å². The van der Waals surface area contributed by atoms with Crippen LogP contribution in [0.4, 0.5) is 4.39 Å². The number of aliphatic imine (C=N–C) groups is 1. The van der Waals surface area contributed by atoms with Gasteiger partial charge in [-0.25, -0.2) is 0 Å². The molecule has 0 aromatic rings. The fourth-order valence-electron chi connectivity index (χ4n) is 1.34. The molecule has 0 saturated carbocycles. The van der Waals surface area contributed by atoms with Gasteiger partial charge in [-0.15, -0.1) is 0 Å². The Morgan fingerprint density at radius 2 is 1.94 bits per heavy atom. The highest BCUT2D eigenvalue weighted by atomic mass is 19.1. The van der Waals surface area contributed by atoms with Gasteiger partial charge in [0.15, 0.2) is 0 Å². The van der Waals surface area contributed by atoms with Crippen molar-refractivity contribution in [2.75, 3.05) is 6.67 Å². The standard InChI is InChI=1S/C16H24FN/c1-6-7-11-18-16(5)14(3)10-8-9-13(2)15(4)12-17/h6-7,11,15H,2-3,5,8-10,12H2,1,4H3/b7-6-,18-11-. The molecule has 1 nitrogen and oxygen atoms in total. The second-order valence-corrected chi connectivity index (χ2v) is 4.42. The summed E-state index contributed by atoms with van der Waals surface area (Å²) in [5.74, 6) is -0.0471. The molecular formula is C16H24FN. The molecule has 0 aliphatic carbocycles. The molecule has 0 saturated heterocycles. The van der Waals surface area contributed by atoms with Crippen molar-refractivity contribution in [1.82, 2.24) is 0 Å². The van der Waals surface area contributed by atoms with Gasteiger partial charge in [-0.1, -0.05) is 38.3 Å². The number of allylic oxidation sites excluding steroid dienone is 4. The van der Waals surface area contributed by atoms with Gasteiger partial charge in [-0.05, 0) is 37.8 Å². The molecule has 18 heavy (non-hydrogen) atoms. The van der Waals surface area contributed by atoms with Crippen molar-refractivity contribution >= 4 is 6.21 Å². The Morgan fingerprint density at radius 1 is 1.28 bits per heavy atom. The molecule has 0 N–H and O–H groups in total. The Labute approximate surface area is 111 Å². The molecule has 0 rings (SSSR count). The smallest absolute Gasteiger partial charge is 0.0956 e. The van der Waals surface area contributed by atoms with E-state index in [-0.39, 0.29) is 12.6 Å². The van der Waals surface area contributed by atoms with Crippen LogP contribution in [0.2, 0.25) is 0 Å². The largest absolute Gasteiger partial charge is 0.257 e. The molecule has 0 spiro atoms. The minimum atomic E-state index is -0.333. The Balaban J connectivity index is 3.97. The highest BCUT2D eigenvalue weighted by Gasteiger charge is 2.06. The maximum Gasteiger partial charge on any atom is 0.0956 e. The van der Waals surface area contributed by atoms with E-state index in [1.165, 1.54) is 0 Å². The van der Waals surface area contributed by atoms with Gasteiger partial charge in [0, 0.05) is 12.1 Å². The molecule has 0 radical (unpaired) electrons. The molecule has 0 aromatic carbocycles. The summed E-state index contributed by atoms with van der Waals surface area (Å²) in [5, 5.41) is 0. The van der Waals surface area contributed by atoms with Gasteiger partial charge in [0.25, 0.3) is 0 Å². The van der Waals surface area contributed by atoms with Crippen molar-refractivity contribution < 1.29 is 4.39 Å². The molecule has 0 aliphatic rings. The lowest BCUT2D eigenvalue weighted by Crippen LogP contribution is -2.00. The van der Waals surface area contributed by atoms with Gasteiger partial charge in [0.05, 0.1) is 12.4 Å². The monoisotopic (exact) mass is 249 g/mol. The number of hydrogen-bond donors (Lipinski definition) is 0. The zero-order chi connectivity index (χ0) is 14.0. The summed E-state index contributed by atoms with van der Waals surface area (Å²) in [6.07, 6.45) is 8.03. The highest BCUT2D eigenvalue weighted by molar-refractivity contribution is 5.72. The predicted molar refractivity (Wildman–Crippen MR) is 79.7 cm³/mol. The molecule has 100 valence electrons. The minimum Gasteiger partial charge on any atom is -0.257 e. The van der Waals surface area contributed by atoms with Crippen LogP contribution in [0.3, 0.4) is 0 Å². The molecule has 0 heterocycles. The summed E-state index contributed by atoms with van der Waals surface area (Å²) in [7, 11) is 0. The maximum absolute atomic E-state index is 12.4. The van der Waals surface area contributed by atoms with Gasteiger partial charge in [-0.3, -0.25) is 9.38 Å². The molecule has 0 aliphatic heterocycles. The number of alkyl halides is 1. The van der Waals surface area contributed by atoms with Gasteiger partial charge >= 0.3 is 0 Å². The third-order valence-electron chi connectivity index (χ3n) is 2.82. The van der Waals surface area contributed by atoms with E-state index in [9.17, 15) is 4.39 Å². The Bertz CT molecular complexity index is 350. The first-order valence-corrected chi connectivity index (χ1v) is 6.29. The average molecular weight is 249 g/mol. The van der Waals surface area contributed by atoms with E-state index < -0.39 is 0 Å². The molecule has 0 bridgehead atoms. The SMILES string of the molecule is C=C(CCCC(=C)C(C)CF)C(=C)/N=C\C=C/C. The minimum absolute atomic E-state index is 0.0471. The fourth-order valence-corrected chi connectivity index (χ4v) is 1.34. The lowest BCUT2D eigenvalue weighted by atomic mass is 9.97. The lowest BCUT2D eigenvalue weighted by Gasteiger charge is -2.11. The van der Waals surface area contributed by atoms with Crippen LogP contribution in [0, 0.1) is 5.92 Å². The van der Waals surface area contributed by atoms with Crippen LogP contribution in [-0.2, 0) is 0 Å². The van der Waals surface area contributed by atoms with Crippen LogP contribution >= 0.6 is 0 Å². The molecular weight excluding hydrogens is 225 g/mol. The van der Waals surface area contributed by atoms with Gasteiger partial charge in [-0.2, -0.15) is 0 Å². The number of rotatable bonds is 9. The van der Waals surface area contributed by atoms with E-state index in [4.69, 9.17) is 0 Å². The molecule has 0 aromatic heterocycles. The van der Waals surface area contributed by atoms with E-state index in [1.54, 1.807) is 6.21 Å². The number of halogens is 1. The molecule has 0 fully saturated rings. The van der Waals surface area contributed by atoms with Gasteiger partial charge < -0.3 is 0 Å². The zero-order valence-electron chi connectivity index (χ0n) is 11.6. The molecule has 2 heteroatoms. The molecule has 1 atom stereocenters. The first kappa shape index (κ1) is 16.6. The van der Waals surface area contributed by atoms with E-state index in [2.05, 4.69) is 24.7 Å². The quantitative estimate of drug-likeness (QED) is 0.308. The van der Waals surface area contributed by atoms with Crippen LogP contribution in [0.25, 0.3) is 0 Å². The third-order valence-corrected chi connectivity index (χ3v) is 2.82. The van der Waals surface area contributed by atoms with Gasteiger partial charge in [0.2, 0.25) is 0 Å². The lowest BCUT2D eigenvalue weighted by molar-refractivity contribution is 0.411. The van der Waals surface area contributed by atoms with Gasteiger partial charge in [0.1, 0.15) is 0 Å². The normalized spacial score (nSPS) is 13.1. The topological polar surface area (TPSA) is 12.4 Å². The molecule has 1 unspecified atom stereocenters. The summed E-state index contributed by atoms with van der Waals surface area (Å²) in [5.41, 5.74) is 2.60. The van der Waals surface area contributed by atoms with Crippen molar-refractivity contribution in [2.45, 2.75) is 33.1 Å². The van der Waals surface area contributed by atoms with E-state index >= 15 is 0 Å². The number of hydrogen-bond acceptors (Lipinski definition) is 1. The number of nitrogens with zero attached hydrogens (tertiary/aromatic N) is 1. The Hall–Kier alpha value is -1.44. The van der Waals surface area contributed by atoms with Crippen LogP contribution in [0.5, 0.6) is 0 Å². The van der Waals surface area contributed by atoms with Crippen LogP contribution < -0.4 is 0 Å². The fraction of sp³-hybridized carbons (Fsp3) is 0.438. The van der Waals surface area contributed by atoms with Crippen molar-refractivity contribution in [3.05, 3.63) is 48.7 Å². The summed E-state index contributed by atoms with van der Waals surface area (Å²) in [6.45, 7) is 15.2. The van der Waals surface area contributed by atoms with E-state index in [0.717, 1.165) is 30.4 Å². The van der Waals surface area contributed by atoms with E-state index in [1.807, 2.05) is 26.0 Å². The van der Waals surface area contributed by atoms with E-state index in [0.29, 0.717) is 5.70 Å². The average Bonchev–Trinajstić information content (AvgIpc) is 2.37. The summed E-state index contributed by atoms with van der Waals surface area (Å²) in [6, 6.07) is 0. The summed E-state index contributed by atoms with van der Waals surface area (Å²) in [4.78, 5) is 4.17. The Morgan fingerprint density at radius 3 is 2.50 bits per heavy atom. The molecule has 0 amide bonds. The maximum atomic E-state index is 12.4. The van der Waals surface area contributed by atoms with Crippen LogP contribution in [-0.4, -0.2) is 12.9 Å². The summed E-state index contributed by atoms with van der Waals surface area (Å²) < 4.78 is 12.4. The first-order chi connectivity index (χ1) is 8.52. The summed E-state index contributed by atoms with van der Waals surface area (Å²) >= 11 is 0. The first-order valence-electron chi connectivity index (χ1n) is 6.29. The second kappa shape index (κ2) is 9.58. The van der Waals surface area contributed by atoms with Crippen LogP contribution in [0.15, 0.2) is 53.7 Å². The van der Waals surface area contributed by atoms with Crippen molar-refractivity contribution in [3.8, 4) is 0 Å². The predicted octanol–water partition coefficient (Wildman–Crippen LogP) is 5.04. The third kappa shape index (κ3) is 7.00. The van der Waals surface area contributed by atoms with Crippen molar-refractivity contribution in [2.24, 2.45) is 10.9 Å².